The molecule has 0 aliphatic carbocycles. The molecule has 0 bridgehead atoms. The highest BCUT2D eigenvalue weighted by atomic mass is 15.1. The van der Waals surface area contributed by atoms with Gasteiger partial charge >= 0.3 is 0 Å². The maximum Gasteiger partial charge on any atom is 0.0398 e. The van der Waals surface area contributed by atoms with E-state index in [4.69, 9.17) is 5.73 Å². The molecule has 0 fully saturated rings. The molecular weight excluding hydrogens is 196 g/mol. The van der Waals surface area contributed by atoms with Crippen molar-refractivity contribution in [3.05, 3.63) is 29.8 Å². The molecule has 0 spiro atoms. The van der Waals surface area contributed by atoms with Crippen LogP contribution in [0.15, 0.2) is 24.3 Å². The molecular formula is C14H22N2. The van der Waals surface area contributed by atoms with Gasteiger partial charge in [0.15, 0.2) is 0 Å². The van der Waals surface area contributed by atoms with E-state index in [0.29, 0.717) is 5.92 Å². The Labute approximate surface area is 98.4 Å². The predicted molar refractivity (Wildman–Crippen MR) is 69.8 cm³/mol. The molecule has 0 radical (unpaired) electrons. The standard InChI is InChI=1S/C14H22N2/c1-11(12(2)15)10-16-9-5-7-13-6-3-4-8-14(13)16/h3-4,6,8,11-12H,5,7,9-10,15H2,1-2H3. The van der Waals surface area contributed by atoms with Gasteiger partial charge in [0.25, 0.3) is 0 Å². The third kappa shape index (κ3) is 2.38. The van der Waals surface area contributed by atoms with Crippen molar-refractivity contribution in [2.45, 2.75) is 32.7 Å². The number of rotatable bonds is 3. The molecule has 0 aromatic heterocycles. The highest BCUT2D eigenvalue weighted by Gasteiger charge is 2.19. The zero-order chi connectivity index (χ0) is 11.5. The summed E-state index contributed by atoms with van der Waals surface area (Å²) in [6.07, 6.45) is 2.49. The summed E-state index contributed by atoms with van der Waals surface area (Å²) in [6, 6.07) is 9.03. The summed E-state index contributed by atoms with van der Waals surface area (Å²) in [5.74, 6) is 0.547. The van der Waals surface area contributed by atoms with Gasteiger partial charge in [-0.1, -0.05) is 25.1 Å². The fraction of sp³-hybridized carbons (Fsp3) is 0.571. The summed E-state index contributed by atoms with van der Waals surface area (Å²) in [5.41, 5.74) is 8.86. The van der Waals surface area contributed by atoms with Gasteiger partial charge in [0, 0.05) is 24.8 Å². The second-order valence-corrected chi connectivity index (χ2v) is 5.01. The molecule has 0 amide bonds. The maximum atomic E-state index is 5.95. The van der Waals surface area contributed by atoms with Gasteiger partial charge in [0.1, 0.15) is 0 Å². The first-order valence-electron chi connectivity index (χ1n) is 6.27. The quantitative estimate of drug-likeness (QED) is 0.844. The molecule has 1 heterocycles. The third-order valence-corrected chi connectivity index (χ3v) is 3.61. The molecule has 0 saturated carbocycles. The van der Waals surface area contributed by atoms with Gasteiger partial charge in [-0.3, -0.25) is 0 Å². The molecule has 1 aromatic rings. The Kier molecular flexibility index (Phi) is 3.49. The molecule has 1 aromatic carbocycles. The van der Waals surface area contributed by atoms with E-state index in [0.717, 1.165) is 6.54 Å². The minimum Gasteiger partial charge on any atom is -0.371 e. The van der Waals surface area contributed by atoms with Gasteiger partial charge in [0.05, 0.1) is 0 Å². The highest BCUT2D eigenvalue weighted by Crippen LogP contribution is 2.27. The second-order valence-electron chi connectivity index (χ2n) is 5.01. The molecule has 1 aliphatic rings. The number of hydrogen-bond acceptors (Lipinski definition) is 2. The first-order chi connectivity index (χ1) is 7.68. The molecule has 16 heavy (non-hydrogen) atoms. The van der Waals surface area contributed by atoms with Crippen molar-refractivity contribution in [2.24, 2.45) is 11.7 Å². The topological polar surface area (TPSA) is 29.3 Å². The number of para-hydroxylation sites is 1. The van der Waals surface area contributed by atoms with Crippen LogP contribution in [0.25, 0.3) is 0 Å². The summed E-state index contributed by atoms with van der Waals surface area (Å²) in [4.78, 5) is 2.49. The van der Waals surface area contributed by atoms with Crippen molar-refractivity contribution < 1.29 is 0 Å². The molecule has 2 atom stereocenters. The molecule has 2 unspecified atom stereocenters. The lowest BCUT2D eigenvalue weighted by atomic mass is 9.98. The van der Waals surface area contributed by atoms with Crippen LogP contribution in [-0.4, -0.2) is 19.1 Å². The van der Waals surface area contributed by atoms with E-state index in [1.54, 1.807) is 0 Å². The molecule has 1 aliphatic heterocycles. The van der Waals surface area contributed by atoms with E-state index in [2.05, 4.69) is 43.0 Å². The average Bonchev–Trinajstić information content (AvgIpc) is 2.29. The van der Waals surface area contributed by atoms with Crippen LogP contribution in [0.5, 0.6) is 0 Å². The maximum absolute atomic E-state index is 5.95. The number of aryl methyl sites for hydroxylation is 1. The minimum absolute atomic E-state index is 0.272. The monoisotopic (exact) mass is 218 g/mol. The molecule has 2 N–H and O–H groups in total. The van der Waals surface area contributed by atoms with Crippen molar-refractivity contribution >= 4 is 5.69 Å². The van der Waals surface area contributed by atoms with Gasteiger partial charge in [0.2, 0.25) is 0 Å². The number of nitrogens with two attached hydrogens (primary N) is 1. The predicted octanol–water partition coefficient (Wildman–Crippen LogP) is 2.42. The number of anilines is 1. The Hall–Kier alpha value is -1.02. The van der Waals surface area contributed by atoms with Gasteiger partial charge in [-0.05, 0) is 37.3 Å². The zero-order valence-corrected chi connectivity index (χ0v) is 10.3. The third-order valence-electron chi connectivity index (χ3n) is 3.61. The Morgan fingerprint density at radius 3 is 2.81 bits per heavy atom. The van der Waals surface area contributed by atoms with Crippen LogP contribution in [0, 0.1) is 5.92 Å². The number of fused-ring (bicyclic) bond motifs is 1. The summed E-state index contributed by atoms with van der Waals surface area (Å²) in [5, 5.41) is 0. The number of nitrogens with zero attached hydrogens (tertiary/aromatic N) is 1. The van der Waals surface area contributed by atoms with Crippen LogP contribution in [-0.2, 0) is 6.42 Å². The SMILES string of the molecule is CC(N)C(C)CN1CCCc2ccccc21. The number of benzene rings is 1. The molecule has 0 saturated heterocycles. The van der Waals surface area contributed by atoms with E-state index in [1.807, 2.05) is 0 Å². The Bertz CT molecular complexity index is 346. The zero-order valence-electron chi connectivity index (χ0n) is 10.3. The van der Waals surface area contributed by atoms with Gasteiger partial charge in [-0.2, -0.15) is 0 Å². The lowest BCUT2D eigenvalue weighted by Crippen LogP contribution is -2.38. The van der Waals surface area contributed by atoms with Gasteiger partial charge in [-0.25, -0.2) is 0 Å². The van der Waals surface area contributed by atoms with Crippen molar-refractivity contribution in [3.8, 4) is 0 Å². The van der Waals surface area contributed by atoms with Crippen LogP contribution in [0.1, 0.15) is 25.8 Å². The number of hydrogen-bond donors (Lipinski definition) is 1. The summed E-state index contributed by atoms with van der Waals surface area (Å²) in [7, 11) is 0. The summed E-state index contributed by atoms with van der Waals surface area (Å²) >= 11 is 0. The lowest BCUT2D eigenvalue weighted by Gasteiger charge is -2.34. The van der Waals surface area contributed by atoms with Crippen molar-refractivity contribution in [3.63, 3.8) is 0 Å². The van der Waals surface area contributed by atoms with E-state index in [-0.39, 0.29) is 6.04 Å². The molecule has 2 nitrogen and oxygen atoms in total. The first kappa shape index (κ1) is 11.5. The van der Waals surface area contributed by atoms with Crippen LogP contribution in [0.4, 0.5) is 5.69 Å². The Balaban J connectivity index is 2.13. The molecule has 2 rings (SSSR count). The first-order valence-corrected chi connectivity index (χ1v) is 6.27. The van der Waals surface area contributed by atoms with Crippen LogP contribution in [0.3, 0.4) is 0 Å². The van der Waals surface area contributed by atoms with Crippen molar-refractivity contribution in [1.29, 1.82) is 0 Å². The fourth-order valence-corrected chi connectivity index (χ4v) is 2.32. The Morgan fingerprint density at radius 1 is 1.31 bits per heavy atom. The second kappa shape index (κ2) is 4.88. The molecule has 2 heteroatoms. The van der Waals surface area contributed by atoms with Crippen molar-refractivity contribution in [1.82, 2.24) is 0 Å². The van der Waals surface area contributed by atoms with E-state index in [1.165, 1.54) is 30.6 Å². The molecule has 88 valence electrons. The van der Waals surface area contributed by atoms with Crippen LogP contribution < -0.4 is 10.6 Å². The lowest BCUT2D eigenvalue weighted by molar-refractivity contribution is 0.469. The largest absolute Gasteiger partial charge is 0.371 e. The highest BCUT2D eigenvalue weighted by molar-refractivity contribution is 5.55. The normalized spacial score (nSPS) is 19.1. The van der Waals surface area contributed by atoms with Crippen LogP contribution in [0.2, 0.25) is 0 Å². The summed E-state index contributed by atoms with van der Waals surface area (Å²) in [6.45, 7) is 6.59. The Morgan fingerprint density at radius 2 is 2.06 bits per heavy atom. The van der Waals surface area contributed by atoms with Gasteiger partial charge < -0.3 is 10.6 Å². The smallest absolute Gasteiger partial charge is 0.0398 e. The van der Waals surface area contributed by atoms with E-state index >= 15 is 0 Å². The van der Waals surface area contributed by atoms with E-state index < -0.39 is 0 Å². The average molecular weight is 218 g/mol. The minimum atomic E-state index is 0.272. The van der Waals surface area contributed by atoms with Crippen LogP contribution >= 0.6 is 0 Å². The van der Waals surface area contributed by atoms with Gasteiger partial charge in [-0.15, -0.1) is 0 Å². The fourth-order valence-electron chi connectivity index (χ4n) is 2.32. The van der Waals surface area contributed by atoms with Crippen molar-refractivity contribution in [2.75, 3.05) is 18.0 Å². The summed E-state index contributed by atoms with van der Waals surface area (Å²) < 4.78 is 0. The van der Waals surface area contributed by atoms with E-state index in [9.17, 15) is 0 Å².